The monoisotopic (exact) mass is 1250 g/mol. The van der Waals surface area contributed by atoms with Gasteiger partial charge < -0.3 is 22.8 Å². The Morgan fingerprint density at radius 3 is 0.750 bits per heavy atom. The van der Waals surface area contributed by atoms with Gasteiger partial charge in [0.2, 0.25) is 0 Å². The molecule has 0 atom stereocenters. The van der Waals surface area contributed by atoms with Gasteiger partial charge in [0.15, 0.2) is 8.07 Å². The Kier molecular flexibility index (Phi) is 10.7. The summed E-state index contributed by atoms with van der Waals surface area (Å²) in [6, 6.07) is 104. The summed E-state index contributed by atoms with van der Waals surface area (Å²) in [7, 11) is -3.48. The molecule has 0 N–H and O–H groups in total. The van der Waals surface area contributed by atoms with Crippen molar-refractivity contribution in [3.05, 3.63) is 370 Å². The first-order valence-corrected chi connectivity index (χ1v) is 34.3. The van der Waals surface area contributed by atoms with Crippen molar-refractivity contribution in [2.24, 2.45) is 0 Å². The molecule has 5 nitrogen and oxygen atoms in total. The van der Waals surface area contributed by atoms with Crippen LogP contribution >= 0.6 is 0 Å². The Labute approximate surface area is 569 Å². The zero-order valence-electron chi connectivity index (χ0n) is 61.7. The third-order valence-electron chi connectivity index (χ3n) is 19.5. The molecular formula is C90H61N5Si. The van der Waals surface area contributed by atoms with Gasteiger partial charge in [-0.1, -0.05) is 249 Å². The number of benzene rings is 15. The smallest absolute Gasteiger partial charge is 0.179 e. The molecule has 450 valence electrons. The first-order chi connectivity index (χ1) is 51.8. The number of aromatic nitrogens is 5. The Morgan fingerprint density at radius 2 is 0.417 bits per heavy atom. The average Bonchev–Trinajstić information content (AvgIpc) is 0.912. The Bertz CT molecular complexity index is 6830. The van der Waals surface area contributed by atoms with Crippen molar-refractivity contribution in [1.82, 2.24) is 22.8 Å². The molecule has 0 fully saturated rings. The molecule has 20 aromatic rings. The van der Waals surface area contributed by atoms with E-state index in [1.165, 1.54) is 21.5 Å². The molecule has 0 saturated carbocycles. The molecule has 96 heavy (non-hydrogen) atoms. The summed E-state index contributed by atoms with van der Waals surface area (Å²) in [5.74, 6) is 0. The molecule has 5 aromatic heterocycles. The van der Waals surface area contributed by atoms with Gasteiger partial charge in [-0.2, -0.15) is 0 Å². The summed E-state index contributed by atoms with van der Waals surface area (Å²) in [6.45, 7) is 0. The van der Waals surface area contributed by atoms with Crippen LogP contribution in [0.15, 0.2) is 370 Å². The van der Waals surface area contributed by atoms with E-state index in [0.717, 1.165) is 126 Å². The van der Waals surface area contributed by atoms with E-state index in [1.807, 2.05) is 91.0 Å². The fourth-order valence-corrected chi connectivity index (χ4v) is 19.9. The molecule has 0 aliphatic carbocycles. The molecule has 5 heterocycles. The van der Waals surface area contributed by atoms with Crippen molar-refractivity contribution in [2.75, 3.05) is 0 Å². The zero-order chi connectivity index (χ0) is 72.0. The maximum Gasteiger partial charge on any atom is 0.179 e. The molecule has 0 saturated heterocycles. The van der Waals surface area contributed by atoms with Crippen LogP contribution in [0.5, 0.6) is 0 Å². The van der Waals surface area contributed by atoms with Gasteiger partial charge in [-0.3, -0.25) is 0 Å². The summed E-state index contributed by atoms with van der Waals surface area (Å²) in [6.07, 6.45) is 0. The molecule has 0 amide bonds. The summed E-state index contributed by atoms with van der Waals surface area (Å²) < 4.78 is 97.9. The fourth-order valence-electron chi connectivity index (χ4n) is 15.5. The Balaban J connectivity index is 0.000000146. The number of fused-ring (bicyclic) bond motifs is 15. The third-order valence-corrected chi connectivity index (χ3v) is 24.1. The van der Waals surface area contributed by atoms with Crippen LogP contribution in [0.3, 0.4) is 0 Å². The van der Waals surface area contributed by atoms with E-state index in [2.05, 4.69) is 237 Å². The second-order valence-electron chi connectivity index (χ2n) is 24.4. The minimum absolute atomic E-state index is 0.143. The average molecular weight is 1250 g/mol. The van der Waals surface area contributed by atoms with Gasteiger partial charge in [-0.05, 0) is 142 Å². The minimum atomic E-state index is -3.48. The van der Waals surface area contributed by atoms with Crippen LogP contribution in [-0.4, -0.2) is 30.9 Å². The summed E-state index contributed by atoms with van der Waals surface area (Å²) in [4.78, 5) is 0. The van der Waals surface area contributed by atoms with E-state index in [-0.39, 0.29) is 54.0 Å². The van der Waals surface area contributed by atoms with Crippen LogP contribution in [0.25, 0.3) is 137 Å². The maximum absolute atomic E-state index is 9.29. The van der Waals surface area contributed by atoms with Gasteiger partial charge in [0, 0.05) is 82.3 Å². The summed E-state index contributed by atoms with van der Waals surface area (Å²) in [5.41, 5.74) is 14.8. The van der Waals surface area contributed by atoms with E-state index in [9.17, 15) is 2.74 Å². The van der Waals surface area contributed by atoms with Crippen LogP contribution in [0.2, 0.25) is 0 Å². The van der Waals surface area contributed by atoms with Crippen LogP contribution in [0, 0.1) is 0 Å². The molecule has 0 bridgehead atoms. The molecule has 20 rings (SSSR count). The van der Waals surface area contributed by atoms with E-state index < -0.39 is 20.2 Å². The van der Waals surface area contributed by atoms with E-state index in [1.54, 1.807) is 4.57 Å². The van der Waals surface area contributed by atoms with Crippen LogP contribution < -0.4 is 20.7 Å². The Morgan fingerprint density at radius 1 is 0.177 bits per heavy atom. The van der Waals surface area contributed by atoms with Crippen molar-refractivity contribution in [3.63, 3.8) is 0 Å². The van der Waals surface area contributed by atoms with E-state index in [0.29, 0.717) is 5.19 Å². The topological polar surface area (TPSA) is 24.6 Å². The quantitative estimate of drug-likeness (QED) is 0.102. The lowest BCUT2D eigenvalue weighted by atomic mass is 10.1. The lowest BCUT2D eigenvalue weighted by molar-refractivity contribution is 1.16. The van der Waals surface area contributed by atoms with Gasteiger partial charge in [-0.15, -0.1) is 0 Å². The molecule has 15 aromatic carbocycles. The van der Waals surface area contributed by atoms with E-state index in [4.69, 9.17) is 11.0 Å². The summed E-state index contributed by atoms with van der Waals surface area (Å²) >= 11 is 0. The van der Waals surface area contributed by atoms with Gasteiger partial charge in [0.1, 0.15) is 0 Å². The van der Waals surface area contributed by atoms with Gasteiger partial charge in [0.05, 0.1) is 68.9 Å². The lowest BCUT2D eigenvalue weighted by Crippen LogP contribution is -2.74. The number of nitrogens with zero attached hydrogens (tertiary/aromatic N) is 5. The van der Waals surface area contributed by atoms with Crippen LogP contribution in [-0.2, 0) is 0 Å². The van der Waals surface area contributed by atoms with Crippen molar-refractivity contribution in [1.29, 1.82) is 0 Å². The molecule has 6 heteroatoms. The number of rotatable bonds is 9. The molecule has 0 aliphatic rings. The normalized spacial score (nSPS) is 13.4. The predicted molar refractivity (Wildman–Crippen MR) is 408 cm³/mol. The molecular weight excluding hydrogens is 1180 g/mol. The van der Waals surface area contributed by atoms with E-state index >= 15 is 0 Å². The second kappa shape index (κ2) is 22.4. The molecule has 0 spiro atoms. The van der Waals surface area contributed by atoms with Crippen molar-refractivity contribution in [3.8, 4) is 28.4 Å². The predicted octanol–water partition coefficient (Wildman–Crippen LogP) is 20.2. The fraction of sp³-hybridized carbons (Fsp3) is 0. The molecule has 0 aliphatic heterocycles. The largest absolute Gasteiger partial charge is 0.309 e. The van der Waals surface area contributed by atoms with Crippen LogP contribution in [0.1, 0.15) is 13.7 Å². The second-order valence-corrected chi connectivity index (χ2v) is 28.1. The maximum atomic E-state index is 9.29. The number of para-hydroxylation sites is 8. The SMILES string of the molecule is [2H]c1c([2H])c([2H])c(-n2c3ccccc3c3cc(-n4c5ccccc5c5cc(-n6c7ccccc7c7ccccc76)ccc54)ccc32)c([2H])c1[2H].[2H]c1c([2H])c([2H])c([Si](c2ccccc2)(c2ccccc2)c2ccc(-n3c4ccccc4c4cc(-n5c6ccccc6c6ccccc65)ccc43)cc2)c([2H])c1[2H]. The summed E-state index contributed by atoms with van der Waals surface area (Å²) in [5, 5.41) is 14.5. The highest BCUT2D eigenvalue weighted by molar-refractivity contribution is 7.19. The first-order valence-electron chi connectivity index (χ1n) is 37.3. The first kappa shape index (κ1) is 45.7. The number of hydrogen-bond acceptors (Lipinski definition) is 0. The minimum Gasteiger partial charge on any atom is -0.309 e. The molecule has 0 unspecified atom stereocenters. The van der Waals surface area contributed by atoms with Crippen molar-refractivity contribution >= 4 is 138 Å². The Hall–Kier alpha value is -12.5. The van der Waals surface area contributed by atoms with Gasteiger partial charge in [-0.25, -0.2) is 0 Å². The van der Waals surface area contributed by atoms with Gasteiger partial charge in [0.25, 0.3) is 0 Å². The highest BCUT2D eigenvalue weighted by Crippen LogP contribution is 2.41. The third kappa shape index (κ3) is 8.49. The highest BCUT2D eigenvalue weighted by atomic mass is 28.3. The lowest BCUT2D eigenvalue weighted by Gasteiger charge is -2.34. The number of hydrogen-bond donors (Lipinski definition) is 0. The van der Waals surface area contributed by atoms with Crippen molar-refractivity contribution < 1.29 is 13.7 Å². The molecule has 0 radical (unpaired) electrons. The highest BCUT2D eigenvalue weighted by Gasteiger charge is 2.41. The van der Waals surface area contributed by atoms with Gasteiger partial charge >= 0.3 is 0 Å². The standard InChI is InChI=1S/C48H34N2Si.C42H27N3/c1-4-16-37(17-5-1)51(38-18-6-2-7-19-38,39-20-8-3-9-21-39)40-31-28-35(29-32-40)49-47-27-15-12-24-43(47)44-34-36(30-33-48(44)49)50-45-25-13-10-22-41(45)42-23-11-14-26-46(42)50;1-2-12-28(13-3-1)43-39-20-10-6-16-33(39)35-27-30(22-24-41(35)43)45-40-21-11-7-17-34(40)36-26-29(23-25-42(36)45)44-37-18-8-4-14-31(37)32-15-5-9-19-38(32)44/h1-34H;1-27H/i1D,4D,5D,16D,17D;1D,2D,3D,12D,13D. The zero-order valence-corrected chi connectivity index (χ0v) is 52.7. The van der Waals surface area contributed by atoms with Crippen molar-refractivity contribution in [2.45, 2.75) is 0 Å². The van der Waals surface area contributed by atoms with Crippen LogP contribution in [0.4, 0.5) is 0 Å².